The molecule has 3 aromatic rings. The van der Waals surface area contributed by atoms with Crippen molar-refractivity contribution in [1.82, 2.24) is 30.4 Å². The standard InChI is InChI=1S/C19H28N8S/c1-5-20-19(26-13(2)10-15-7-6-14(3)28-15)22-9-8-21-17-16-11-25-27(4)18(16)24-12-23-17/h6-7,11-13H,5,8-10H2,1-4H3,(H2,20,22,26)(H,21,23,24). The second kappa shape index (κ2) is 9.50. The summed E-state index contributed by atoms with van der Waals surface area (Å²) in [6.45, 7) is 8.53. The highest BCUT2D eigenvalue weighted by molar-refractivity contribution is 7.11. The van der Waals surface area contributed by atoms with E-state index in [1.807, 2.05) is 18.4 Å². The molecule has 0 aliphatic rings. The van der Waals surface area contributed by atoms with Crippen molar-refractivity contribution in [3.63, 3.8) is 0 Å². The van der Waals surface area contributed by atoms with Crippen LogP contribution in [0, 0.1) is 6.92 Å². The van der Waals surface area contributed by atoms with Crippen LogP contribution in [-0.4, -0.2) is 51.4 Å². The quantitative estimate of drug-likeness (QED) is 0.305. The summed E-state index contributed by atoms with van der Waals surface area (Å²) in [4.78, 5) is 16.0. The summed E-state index contributed by atoms with van der Waals surface area (Å²) in [5.74, 6) is 1.62. The van der Waals surface area contributed by atoms with Crippen molar-refractivity contribution in [1.29, 1.82) is 0 Å². The van der Waals surface area contributed by atoms with Gasteiger partial charge in [0.15, 0.2) is 11.6 Å². The van der Waals surface area contributed by atoms with Gasteiger partial charge in [0, 0.05) is 42.4 Å². The number of anilines is 1. The molecule has 0 fully saturated rings. The molecular formula is C19H28N8S. The molecule has 0 spiro atoms. The van der Waals surface area contributed by atoms with Crippen LogP contribution in [0.5, 0.6) is 0 Å². The fourth-order valence-electron chi connectivity index (χ4n) is 2.95. The number of thiophene rings is 1. The van der Waals surface area contributed by atoms with Crippen molar-refractivity contribution >= 4 is 34.1 Å². The number of hydrogen-bond donors (Lipinski definition) is 3. The minimum atomic E-state index is 0.306. The molecule has 9 heteroatoms. The van der Waals surface area contributed by atoms with Crippen molar-refractivity contribution in [2.75, 3.05) is 25.0 Å². The lowest BCUT2D eigenvalue weighted by Crippen LogP contribution is -2.43. The number of guanidine groups is 1. The molecule has 0 aliphatic heterocycles. The van der Waals surface area contributed by atoms with Gasteiger partial charge in [-0.15, -0.1) is 11.3 Å². The number of aryl methyl sites for hydroxylation is 2. The summed E-state index contributed by atoms with van der Waals surface area (Å²) >= 11 is 1.85. The van der Waals surface area contributed by atoms with Crippen LogP contribution in [0.15, 0.2) is 29.6 Å². The van der Waals surface area contributed by atoms with Crippen LogP contribution in [0.2, 0.25) is 0 Å². The first kappa shape index (κ1) is 20.1. The van der Waals surface area contributed by atoms with Crippen molar-refractivity contribution in [3.8, 4) is 0 Å². The van der Waals surface area contributed by atoms with Gasteiger partial charge in [-0.05, 0) is 32.9 Å². The number of nitrogens with one attached hydrogen (secondary N) is 3. The highest BCUT2D eigenvalue weighted by Crippen LogP contribution is 2.17. The average Bonchev–Trinajstić information content (AvgIpc) is 3.25. The summed E-state index contributed by atoms with van der Waals surface area (Å²) in [5, 5.41) is 15.3. The Morgan fingerprint density at radius 2 is 2.18 bits per heavy atom. The van der Waals surface area contributed by atoms with E-state index in [0.717, 1.165) is 35.8 Å². The van der Waals surface area contributed by atoms with Crippen LogP contribution in [0.25, 0.3) is 11.0 Å². The average molecular weight is 401 g/mol. The van der Waals surface area contributed by atoms with Crippen molar-refractivity contribution in [3.05, 3.63) is 34.4 Å². The van der Waals surface area contributed by atoms with E-state index in [4.69, 9.17) is 0 Å². The van der Waals surface area contributed by atoms with Gasteiger partial charge in [-0.2, -0.15) is 5.10 Å². The predicted molar refractivity (Wildman–Crippen MR) is 116 cm³/mol. The maximum absolute atomic E-state index is 4.67. The van der Waals surface area contributed by atoms with E-state index < -0.39 is 0 Å². The number of fused-ring (bicyclic) bond motifs is 1. The first-order valence-electron chi connectivity index (χ1n) is 9.53. The normalized spacial score (nSPS) is 12.9. The third-order valence-electron chi connectivity index (χ3n) is 4.23. The molecule has 3 rings (SSSR count). The van der Waals surface area contributed by atoms with E-state index in [-0.39, 0.29) is 0 Å². The molecule has 1 atom stereocenters. The molecule has 3 N–H and O–H groups in total. The minimum Gasteiger partial charge on any atom is -0.367 e. The molecule has 0 bridgehead atoms. The number of hydrogen-bond acceptors (Lipinski definition) is 6. The first-order chi connectivity index (χ1) is 13.6. The summed E-state index contributed by atoms with van der Waals surface area (Å²) < 4.78 is 1.74. The largest absolute Gasteiger partial charge is 0.367 e. The van der Waals surface area contributed by atoms with Gasteiger partial charge < -0.3 is 16.0 Å². The van der Waals surface area contributed by atoms with Gasteiger partial charge in [0.05, 0.1) is 18.1 Å². The van der Waals surface area contributed by atoms with E-state index in [2.05, 4.69) is 68.9 Å². The smallest absolute Gasteiger partial charge is 0.191 e. The Kier molecular flexibility index (Phi) is 6.80. The molecule has 0 amide bonds. The lowest BCUT2D eigenvalue weighted by Gasteiger charge is -2.17. The zero-order chi connectivity index (χ0) is 19.9. The Bertz CT molecular complexity index is 929. The minimum absolute atomic E-state index is 0.306. The lowest BCUT2D eigenvalue weighted by atomic mass is 10.2. The molecule has 8 nitrogen and oxygen atoms in total. The summed E-state index contributed by atoms with van der Waals surface area (Å²) in [7, 11) is 1.87. The molecule has 0 aromatic carbocycles. The molecule has 28 heavy (non-hydrogen) atoms. The predicted octanol–water partition coefficient (Wildman–Crippen LogP) is 2.33. The van der Waals surface area contributed by atoms with Crippen LogP contribution in [0.3, 0.4) is 0 Å². The Hall–Kier alpha value is -2.68. The monoisotopic (exact) mass is 400 g/mol. The maximum atomic E-state index is 4.67. The lowest BCUT2D eigenvalue weighted by molar-refractivity contribution is 0.646. The van der Waals surface area contributed by atoms with Crippen LogP contribution < -0.4 is 16.0 Å². The molecule has 3 heterocycles. The van der Waals surface area contributed by atoms with Gasteiger partial charge in [0.1, 0.15) is 12.1 Å². The topological polar surface area (TPSA) is 92.1 Å². The van der Waals surface area contributed by atoms with Crippen molar-refractivity contribution in [2.24, 2.45) is 12.0 Å². The summed E-state index contributed by atoms with van der Waals surface area (Å²) in [6.07, 6.45) is 4.32. The molecule has 150 valence electrons. The van der Waals surface area contributed by atoms with E-state index in [9.17, 15) is 0 Å². The van der Waals surface area contributed by atoms with Gasteiger partial charge in [-0.25, -0.2) is 9.97 Å². The highest BCUT2D eigenvalue weighted by atomic mass is 32.1. The SMILES string of the molecule is CCNC(=NCCNc1ncnc2c1cnn2C)NC(C)Cc1ccc(C)s1. The van der Waals surface area contributed by atoms with Crippen LogP contribution in [0.4, 0.5) is 5.82 Å². The summed E-state index contributed by atoms with van der Waals surface area (Å²) in [6, 6.07) is 4.68. The van der Waals surface area contributed by atoms with Crippen LogP contribution in [-0.2, 0) is 13.5 Å². The number of aliphatic imine (C=N–C) groups is 1. The molecule has 1 unspecified atom stereocenters. The van der Waals surface area contributed by atoms with Crippen LogP contribution in [0.1, 0.15) is 23.6 Å². The number of rotatable bonds is 8. The van der Waals surface area contributed by atoms with Gasteiger partial charge >= 0.3 is 0 Å². The fourth-order valence-corrected chi connectivity index (χ4v) is 3.97. The molecule has 0 saturated heterocycles. The van der Waals surface area contributed by atoms with Gasteiger partial charge in [0.2, 0.25) is 0 Å². The van der Waals surface area contributed by atoms with E-state index in [1.54, 1.807) is 17.2 Å². The molecule has 0 radical (unpaired) electrons. The highest BCUT2D eigenvalue weighted by Gasteiger charge is 2.09. The summed E-state index contributed by atoms with van der Waals surface area (Å²) in [5.41, 5.74) is 0.814. The zero-order valence-corrected chi connectivity index (χ0v) is 17.7. The van der Waals surface area contributed by atoms with Crippen molar-refractivity contribution in [2.45, 2.75) is 33.2 Å². The second-order valence-corrected chi connectivity index (χ2v) is 8.05. The van der Waals surface area contributed by atoms with Crippen molar-refractivity contribution < 1.29 is 0 Å². The Balaban J connectivity index is 1.53. The van der Waals surface area contributed by atoms with E-state index >= 15 is 0 Å². The molecule has 3 aromatic heterocycles. The van der Waals surface area contributed by atoms with Gasteiger partial charge in [0.25, 0.3) is 0 Å². The first-order valence-corrected chi connectivity index (χ1v) is 10.3. The Morgan fingerprint density at radius 3 is 2.93 bits per heavy atom. The zero-order valence-electron chi connectivity index (χ0n) is 16.9. The molecule has 0 saturated carbocycles. The number of nitrogens with zero attached hydrogens (tertiary/aromatic N) is 5. The Labute approximate surface area is 169 Å². The molecular weight excluding hydrogens is 372 g/mol. The van der Waals surface area contributed by atoms with E-state index in [0.29, 0.717) is 19.1 Å². The fraction of sp³-hybridized carbons (Fsp3) is 0.474. The second-order valence-electron chi connectivity index (χ2n) is 6.68. The Morgan fingerprint density at radius 1 is 1.32 bits per heavy atom. The molecule has 0 aliphatic carbocycles. The van der Waals surface area contributed by atoms with Crippen LogP contribution >= 0.6 is 11.3 Å². The van der Waals surface area contributed by atoms with Gasteiger partial charge in [-0.1, -0.05) is 0 Å². The number of aromatic nitrogens is 4. The van der Waals surface area contributed by atoms with Gasteiger partial charge in [-0.3, -0.25) is 9.67 Å². The maximum Gasteiger partial charge on any atom is 0.191 e. The van der Waals surface area contributed by atoms with E-state index in [1.165, 1.54) is 9.75 Å². The third-order valence-corrected chi connectivity index (χ3v) is 5.26. The third kappa shape index (κ3) is 5.19.